The predicted octanol–water partition coefficient (Wildman–Crippen LogP) is 3.97. The van der Waals surface area contributed by atoms with E-state index in [4.69, 9.17) is 18.6 Å². The third-order valence-electron chi connectivity index (χ3n) is 5.13. The molecule has 180 valence electrons. The molecule has 0 bridgehead atoms. The molecule has 35 heavy (non-hydrogen) atoms. The number of carbonyl (C=O) groups excluding carboxylic acids is 1. The number of ether oxygens (including phenoxy) is 3. The third-order valence-corrected chi connectivity index (χ3v) is 6.49. The highest BCUT2D eigenvalue weighted by Crippen LogP contribution is 2.27. The van der Waals surface area contributed by atoms with Crippen LogP contribution in [0, 0.1) is 0 Å². The van der Waals surface area contributed by atoms with Gasteiger partial charge in [-0.15, -0.1) is 0 Å². The normalized spacial score (nSPS) is 11.1. The Morgan fingerprint density at radius 1 is 0.943 bits per heavy atom. The topological polar surface area (TPSA) is 121 Å². The molecule has 9 nitrogen and oxygen atoms in total. The maximum absolute atomic E-state index is 12.9. The summed E-state index contributed by atoms with van der Waals surface area (Å²) < 4.78 is 49.1. The number of nitrogens with one attached hydrogen (secondary N) is 1. The van der Waals surface area contributed by atoms with Crippen LogP contribution in [0.5, 0.6) is 11.5 Å². The van der Waals surface area contributed by atoms with Gasteiger partial charge in [0.25, 0.3) is 10.0 Å². The van der Waals surface area contributed by atoms with Crippen molar-refractivity contribution in [3.63, 3.8) is 0 Å². The summed E-state index contributed by atoms with van der Waals surface area (Å²) in [4.78, 5) is 24.5. The van der Waals surface area contributed by atoms with Gasteiger partial charge in [-0.25, -0.2) is 18.0 Å². The molecule has 0 spiro atoms. The summed E-state index contributed by atoms with van der Waals surface area (Å²) in [6, 6.07) is 18.2. The Kier molecular flexibility index (Phi) is 6.74. The summed E-state index contributed by atoms with van der Waals surface area (Å²) in [5.41, 5.74) is 0.413. The molecule has 0 unspecified atom stereocenters. The molecule has 10 heteroatoms. The van der Waals surface area contributed by atoms with Gasteiger partial charge < -0.3 is 18.6 Å². The number of benzene rings is 3. The lowest BCUT2D eigenvalue weighted by molar-refractivity contribution is 0.0473. The molecule has 0 radical (unpaired) electrons. The Morgan fingerprint density at radius 3 is 2.51 bits per heavy atom. The van der Waals surface area contributed by atoms with Gasteiger partial charge in [0.1, 0.15) is 23.7 Å². The smallest absolute Gasteiger partial charge is 0.338 e. The molecule has 0 atom stereocenters. The molecular formula is C25H21NO8S. The summed E-state index contributed by atoms with van der Waals surface area (Å²) in [6.45, 7) is -0.219. The summed E-state index contributed by atoms with van der Waals surface area (Å²) in [6.07, 6.45) is 0. The number of fused-ring (bicyclic) bond motifs is 1. The van der Waals surface area contributed by atoms with Crippen LogP contribution in [0.2, 0.25) is 0 Å². The number of hydrogen-bond donors (Lipinski definition) is 1. The number of esters is 1. The van der Waals surface area contributed by atoms with Crippen molar-refractivity contribution in [2.45, 2.75) is 11.5 Å². The first-order valence-corrected chi connectivity index (χ1v) is 11.8. The Bertz CT molecular complexity index is 1560. The van der Waals surface area contributed by atoms with Gasteiger partial charge in [-0.3, -0.25) is 4.72 Å². The molecule has 0 saturated carbocycles. The molecule has 3 aromatic carbocycles. The maximum Gasteiger partial charge on any atom is 0.338 e. The van der Waals surface area contributed by atoms with Crippen LogP contribution >= 0.6 is 0 Å². The standard InChI is InChI=1S/C25H21NO8S/c1-31-18-10-11-20-17(13-24(27)34-23(20)14-18)15-33-25(28)16-6-5-7-19(12-16)35(29,30)26-21-8-3-4-9-22(21)32-2/h3-14,26H,15H2,1-2H3. The van der Waals surface area contributed by atoms with Gasteiger partial charge in [0.05, 0.1) is 30.4 Å². The van der Waals surface area contributed by atoms with Crippen molar-refractivity contribution >= 4 is 32.6 Å². The van der Waals surface area contributed by atoms with Gasteiger partial charge in [0, 0.05) is 23.1 Å². The highest BCUT2D eigenvalue weighted by atomic mass is 32.2. The van der Waals surface area contributed by atoms with E-state index in [9.17, 15) is 18.0 Å². The molecule has 4 rings (SSSR count). The molecule has 0 saturated heterocycles. The highest BCUT2D eigenvalue weighted by Gasteiger charge is 2.19. The van der Waals surface area contributed by atoms with Gasteiger partial charge in [-0.1, -0.05) is 18.2 Å². The number of rotatable bonds is 8. The van der Waals surface area contributed by atoms with Crippen LogP contribution in [0.15, 0.2) is 86.9 Å². The Morgan fingerprint density at radius 2 is 1.74 bits per heavy atom. The average Bonchev–Trinajstić information content (AvgIpc) is 2.86. The van der Waals surface area contributed by atoms with Crippen LogP contribution in [0.3, 0.4) is 0 Å². The number of anilines is 1. The fraction of sp³-hybridized carbons (Fsp3) is 0.120. The van der Waals surface area contributed by atoms with Crippen LogP contribution in [-0.4, -0.2) is 28.6 Å². The quantitative estimate of drug-likeness (QED) is 0.288. The summed E-state index contributed by atoms with van der Waals surface area (Å²) in [7, 11) is -1.09. The van der Waals surface area contributed by atoms with Crippen molar-refractivity contribution in [1.29, 1.82) is 0 Å². The molecule has 1 aromatic heterocycles. The first kappa shape index (κ1) is 23.8. The fourth-order valence-electron chi connectivity index (χ4n) is 3.41. The lowest BCUT2D eigenvalue weighted by atomic mass is 10.1. The lowest BCUT2D eigenvalue weighted by Crippen LogP contribution is -2.15. The molecule has 0 aliphatic heterocycles. The largest absolute Gasteiger partial charge is 0.497 e. The van der Waals surface area contributed by atoms with Crippen LogP contribution in [0.4, 0.5) is 5.69 Å². The molecule has 0 amide bonds. The summed E-state index contributed by atoms with van der Waals surface area (Å²) in [5, 5.41) is 0.579. The average molecular weight is 496 g/mol. The number of sulfonamides is 1. The second-order valence-corrected chi connectivity index (χ2v) is 9.04. The van der Waals surface area contributed by atoms with E-state index in [0.717, 1.165) is 0 Å². The van der Waals surface area contributed by atoms with Crippen LogP contribution in [0.25, 0.3) is 11.0 Å². The van der Waals surface area contributed by atoms with Gasteiger partial charge in [0.2, 0.25) is 0 Å². The maximum atomic E-state index is 12.9. The van der Waals surface area contributed by atoms with Crippen molar-refractivity contribution in [3.8, 4) is 11.5 Å². The number of para-hydroxylation sites is 2. The second kappa shape index (κ2) is 9.90. The van der Waals surface area contributed by atoms with Crippen LogP contribution < -0.4 is 19.8 Å². The highest BCUT2D eigenvalue weighted by molar-refractivity contribution is 7.92. The zero-order valence-electron chi connectivity index (χ0n) is 18.8. The van der Waals surface area contributed by atoms with Gasteiger partial charge in [-0.2, -0.15) is 0 Å². The van der Waals surface area contributed by atoms with E-state index < -0.39 is 21.6 Å². The number of carbonyl (C=O) groups is 1. The molecule has 1 N–H and O–H groups in total. The monoisotopic (exact) mass is 495 g/mol. The van der Waals surface area contributed by atoms with Crippen LogP contribution in [-0.2, 0) is 21.4 Å². The first-order valence-electron chi connectivity index (χ1n) is 10.3. The zero-order valence-corrected chi connectivity index (χ0v) is 19.6. The molecule has 1 heterocycles. The van der Waals surface area contributed by atoms with Crippen molar-refractivity contribution in [3.05, 3.63) is 94.3 Å². The minimum absolute atomic E-state index is 0.0295. The SMILES string of the molecule is COc1ccc2c(COC(=O)c3cccc(S(=O)(=O)Nc4ccccc4OC)c3)cc(=O)oc2c1. The fourth-order valence-corrected chi connectivity index (χ4v) is 4.52. The van der Waals surface area contributed by atoms with Crippen LogP contribution in [0.1, 0.15) is 15.9 Å². The minimum atomic E-state index is -4.01. The van der Waals surface area contributed by atoms with E-state index in [-0.39, 0.29) is 22.8 Å². The number of methoxy groups -OCH3 is 2. The van der Waals surface area contributed by atoms with Crippen molar-refractivity contribution in [2.24, 2.45) is 0 Å². The Labute approximate surface area is 200 Å². The van der Waals surface area contributed by atoms with Gasteiger partial charge >= 0.3 is 11.6 Å². The van der Waals surface area contributed by atoms with E-state index >= 15 is 0 Å². The zero-order chi connectivity index (χ0) is 25.0. The summed E-state index contributed by atoms with van der Waals surface area (Å²) in [5.74, 6) is 0.104. The van der Waals surface area contributed by atoms with E-state index in [0.29, 0.717) is 28.0 Å². The van der Waals surface area contributed by atoms with E-state index in [1.54, 1.807) is 42.5 Å². The Hall–Kier alpha value is -4.31. The van der Waals surface area contributed by atoms with Crippen molar-refractivity contribution in [1.82, 2.24) is 0 Å². The number of hydrogen-bond acceptors (Lipinski definition) is 8. The molecule has 0 fully saturated rings. The first-order chi connectivity index (χ1) is 16.8. The van der Waals surface area contributed by atoms with E-state index in [2.05, 4.69) is 4.72 Å². The van der Waals surface area contributed by atoms with Crippen molar-refractivity contribution < 1.29 is 31.8 Å². The lowest BCUT2D eigenvalue weighted by Gasteiger charge is -2.12. The molecule has 4 aromatic rings. The van der Waals surface area contributed by atoms with Gasteiger partial charge in [-0.05, 0) is 42.5 Å². The molecule has 0 aliphatic rings. The Balaban J connectivity index is 1.54. The molecular weight excluding hydrogens is 474 g/mol. The molecule has 0 aliphatic carbocycles. The third kappa shape index (κ3) is 5.28. The predicted molar refractivity (Wildman–Crippen MR) is 128 cm³/mol. The van der Waals surface area contributed by atoms with E-state index in [1.807, 2.05) is 0 Å². The second-order valence-electron chi connectivity index (χ2n) is 7.36. The minimum Gasteiger partial charge on any atom is -0.497 e. The van der Waals surface area contributed by atoms with Crippen molar-refractivity contribution in [2.75, 3.05) is 18.9 Å². The summed E-state index contributed by atoms with van der Waals surface area (Å²) >= 11 is 0. The van der Waals surface area contributed by atoms with Gasteiger partial charge in [0.15, 0.2) is 0 Å². The van der Waals surface area contributed by atoms with E-state index in [1.165, 1.54) is 44.6 Å².